The van der Waals surface area contributed by atoms with E-state index in [1.807, 2.05) is 74.8 Å². The van der Waals surface area contributed by atoms with Crippen LogP contribution in [0, 0.1) is 0 Å². The molecule has 0 aliphatic heterocycles. The third-order valence-electron chi connectivity index (χ3n) is 4.44. The molecule has 4 heteroatoms. The number of benzene rings is 3. The molecule has 0 spiro atoms. The fraction of sp³-hybridized carbons (Fsp3) is 0.0909. The van der Waals surface area contributed by atoms with Gasteiger partial charge in [0.2, 0.25) is 0 Å². The first kappa shape index (κ1) is 16.1. The van der Waals surface area contributed by atoms with Gasteiger partial charge in [-0.3, -0.25) is 4.79 Å². The Morgan fingerprint density at radius 3 is 2.31 bits per heavy atom. The van der Waals surface area contributed by atoms with Crippen molar-refractivity contribution in [2.75, 3.05) is 19.0 Å². The smallest absolute Gasteiger partial charge is 0.193 e. The van der Waals surface area contributed by atoms with Gasteiger partial charge in [-0.1, -0.05) is 30.3 Å². The lowest BCUT2D eigenvalue weighted by Crippen LogP contribution is -2.07. The minimum Gasteiger partial charge on any atom is -0.378 e. The summed E-state index contributed by atoms with van der Waals surface area (Å²) in [7, 11) is 4.03. The standard InChI is InChI=1S/C22H19N3O/c1-25(2)18-11-8-16(9-12-18)22-23-19-13-10-17(14-20(19)24-22)21(26)15-6-4-3-5-7-15/h3-14H,1-2H3,(H,23,24). The van der Waals surface area contributed by atoms with E-state index in [0.717, 1.165) is 28.1 Å². The molecule has 0 aliphatic rings. The number of nitrogens with zero attached hydrogens (tertiary/aromatic N) is 2. The summed E-state index contributed by atoms with van der Waals surface area (Å²) in [6.45, 7) is 0. The largest absolute Gasteiger partial charge is 0.378 e. The SMILES string of the molecule is CN(C)c1ccc(-c2nc3ccc(C(=O)c4ccccc4)cc3[nH]2)cc1. The van der Waals surface area contributed by atoms with E-state index in [4.69, 9.17) is 0 Å². The monoisotopic (exact) mass is 341 g/mol. The zero-order valence-electron chi connectivity index (χ0n) is 14.7. The number of aromatic amines is 1. The lowest BCUT2D eigenvalue weighted by atomic mass is 10.0. The average Bonchev–Trinajstić information content (AvgIpc) is 3.11. The number of hydrogen-bond acceptors (Lipinski definition) is 3. The molecule has 3 aromatic carbocycles. The summed E-state index contributed by atoms with van der Waals surface area (Å²) in [5, 5.41) is 0. The van der Waals surface area contributed by atoms with Gasteiger partial charge >= 0.3 is 0 Å². The second-order valence-corrected chi connectivity index (χ2v) is 6.45. The number of imidazole rings is 1. The number of nitrogens with one attached hydrogen (secondary N) is 1. The Kier molecular flexibility index (Phi) is 4.01. The van der Waals surface area contributed by atoms with E-state index in [1.165, 1.54) is 0 Å². The lowest BCUT2D eigenvalue weighted by molar-refractivity contribution is 0.103. The van der Waals surface area contributed by atoms with Crippen molar-refractivity contribution < 1.29 is 4.79 Å². The third-order valence-corrected chi connectivity index (χ3v) is 4.44. The second-order valence-electron chi connectivity index (χ2n) is 6.45. The normalized spacial score (nSPS) is 10.8. The molecule has 26 heavy (non-hydrogen) atoms. The average molecular weight is 341 g/mol. The molecule has 4 aromatic rings. The van der Waals surface area contributed by atoms with Crippen molar-refractivity contribution in [3.63, 3.8) is 0 Å². The first-order valence-corrected chi connectivity index (χ1v) is 8.49. The molecule has 4 rings (SSSR count). The van der Waals surface area contributed by atoms with Crippen LogP contribution < -0.4 is 4.90 Å². The zero-order valence-corrected chi connectivity index (χ0v) is 14.7. The van der Waals surface area contributed by atoms with Crippen LogP contribution in [0.5, 0.6) is 0 Å². The van der Waals surface area contributed by atoms with Crippen LogP contribution in [0.25, 0.3) is 22.4 Å². The fourth-order valence-electron chi connectivity index (χ4n) is 2.96. The molecule has 1 heterocycles. The molecule has 0 fully saturated rings. The maximum absolute atomic E-state index is 12.6. The van der Waals surface area contributed by atoms with Gasteiger partial charge in [-0.2, -0.15) is 0 Å². The molecule has 4 nitrogen and oxygen atoms in total. The van der Waals surface area contributed by atoms with Crippen LogP contribution in [0.3, 0.4) is 0 Å². The molecule has 0 atom stereocenters. The number of ketones is 1. The van der Waals surface area contributed by atoms with Gasteiger partial charge < -0.3 is 9.88 Å². The number of H-pyrrole nitrogens is 1. The predicted octanol–water partition coefficient (Wildman–Crippen LogP) is 4.53. The van der Waals surface area contributed by atoms with Gasteiger partial charge in [-0.05, 0) is 42.5 Å². The summed E-state index contributed by atoms with van der Waals surface area (Å²) in [6.07, 6.45) is 0. The van der Waals surface area contributed by atoms with E-state index in [2.05, 4.69) is 27.0 Å². The molecule has 0 amide bonds. The number of fused-ring (bicyclic) bond motifs is 1. The summed E-state index contributed by atoms with van der Waals surface area (Å²) in [6, 6.07) is 23.1. The van der Waals surface area contributed by atoms with E-state index in [0.29, 0.717) is 11.1 Å². The van der Waals surface area contributed by atoms with Crippen molar-refractivity contribution in [1.29, 1.82) is 0 Å². The third kappa shape index (κ3) is 2.97. The molecule has 0 saturated heterocycles. The number of hydrogen-bond donors (Lipinski definition) is 1. The van der Waals surface area contributed by atoms with Gasteiger partial charge in [0.05, 0.1) is 11.0 Å². The molecule has 0 aliphatic carbocycles. The highest BCUT2D eigenvalue weighted by Crippen LogP contribution is 2.24. The Hall–Kier alpha value is -3.40. The molecular weight excluding hydrogens is 322 g/mol. The summed E-state index contributed by atoms with van der Waals surface area (Å²) in [5.74, 6) is 0.814. The Morgan fingerprint density at radius 2 is 1.62 bits per heavy atom. The van der Waals surface area contributed by atoms with Crippen LogP contribution in [0.2, 0.25) is 0 Å². The minimum atomic E-state index is 0.0129. The number of carbonyl (C=O) groups is 1. The van der Waals surface area contributed by atoms with Crippen LogP contribution >= 0.6 is 0 Å². The minimum absolute atomic E-state index is 0.0129. The zero-order chi connectivity index (χ0) is 18.1. The quantitative estimate of drug-likeness (QED) is 0.555. The van der Waals surface area contributed by atoms with Gasteiger partial charge in [0, 0.05) is 36.5 Å². The Bertz CT molecular complexity index is 1060. The van der Waals surface area contributed by atoms with E-state index in [1.54, 1.807) is 0 Å². The first-order valence-electron chi connectivity index (χ1n) is 8.49. The summed E-state index contributed by atoms with van der Waals surface area (Å²) in [4.78, 5) is 22.7. The first-order chi connectivity index (χ1) is 12.6. The van der Waals surface area contributed by atoms with E-state index in [9.17, 15) is 4.79 Å². The van der Waals surface area contributed by atoms with Crippen LogP contribution in [0.1, 0.15) is 15.9 Å². The molecule has 0 radical (unpaired) electrons. The number of rotatable bonds is 4. The number of aromatic nitrogens is 2. The maximum Gasteiger partial charge on any atom is 0.193 e. The Labute approximate surface area is 152 Å². The van der Waals surface area contributed by atoms with Gasteiger partial charge in [0.15, 0.2) is 5.78 Å². The molecule has 0 bridgehead atoms. The van der Waals surface area contributed by atoms with Gasteiger partial charge in [-0.25, -0.2) is 4.98 Å². The Morgan fingerprint density at radius 1 is 0.885 bits per heavy atom. The molecule has 0 saturated carbocycles. The highest BCUT2D eigenvalue weighted by Gasteiger charge is 2.11. The number of carbonyl (C=O) groups excluding carboxylic acids is 1. The lowest BCUT2D eigenvalue weighted by Gasteiger charge is -2.11. The van der Waals surface area contributed by atoms with E-state index < -0.39 is 0 Å². The fourth-order valence-corrected chi connectivity index (χ4v) is 2.96. The summed E-state index contributed by atoms with van der Waals surface area (Å²) >= 11 is 0. The van der Waals surface area contributed by atoms with Crippen molar-refractivity contribution >= 4 is 22.5 Å². The van der Waals surface area contributed by atoms with Crippen LogP contribution in [0.4, 0.5) is 5.69 Å². The number of anilines is 1. The van der Waals surface area contributed by atoms with Crippen molar-refractivity contribution in [3.8, 4) is 11.4 Å². The summed E-state index contributed by atoms with van der Waals surface area (Å²) in [5.41, 5.74) is 5.20. The van der Waals surface area contributed by atoms with Crippen molar-refractivity contribution in [3.05, 3.63) is 83.9 Å². The summed E-state index contributed by atoms with van der Waals surface area (Å²) < 4.78 is 0. The maximum atomic E-state index is 12.6. The predicted molar refractivity (Wildman–Crippen MR) is 106 cm³/mol. The van der Waals surface area contributed by atoms with E-state index >= 15 is 0 Å². The van der Waals surface area contributed by atoms with Crippen molar-refractivity contribution in [2.45, 2.75) is 0 Å². The van der Waals surface area contributed by atoms with E-state index in [-0.39, 0.29) is 5.78 Å². The van der Waals surface area contributed by atoms with Gasteiger partial charge in [-0.15, -0.1) is 0 Å². The van der Waals surface area contributed by atoms with Crippen LogP contribution in [-0.2, 0) is 0 Å². The highest BCUT2D eigenvalue weighted by molar-refractivity contribution is 6.10. The topological polar surface area (TPSA) is 49.0 Å². The molecule has 1 N–H and O–H groups in total. The van der Waals surface area contributed by atoms with Crippen molar-refractivity contribution in [2.24, 2.45) is 0 Å². The molecule has 1 aromatic heterocycles. The van der Waals surface area contributed by atoms with Gasteiger partial charge in [0.25, 0.3) is 0 Å². The Balaban J connectivity index is 1.69. The second kappa shape index (κ2) is 6.48. The van der Waals surface area contributed by atoms with Gasteiger partial charge in [0.1, 0.15) is 5.82 Å². The van der Waals surface area contributed by atoms with Crippen LogP contribution in [0.15, 0.2) is 72.8 Å². The molecular formula is C22H19N3O. The van der Waals surface area contributed by atoms with Crippen LogP contribution in [-0.4, -0.2) is 29.8 Å². The molecule has 128 valence electrons. The van der Waals surface area contributed by atoms with Crippen molar-refractivity contribution in [1.82, 2.24) is 9.97 Å². The highest BCUT2D eigenvalue weighted by atomic mass is 16.1. The molecule has 0 unspecified atom stereocenters.